The van der Waals surface area contributed by atoms with Crippen LogP contribution in [0, 0.1) is 6.92 Å². The van der Waals surface area contributed by atoms with Crippen molar-refractivity contribution in [2.45, 2.75) is 39.1 Å². The van der Waals surface area contributed by atoms with Crippen molar-refractivity contribution in [2.24, 2.45) is 0 Å². The van der Waals surface area contributed by atoms with Crippen molar-refractivity contribution in [1.29, 1.82) is 0 Å². The summed E-state index contributed by atoms with van der Waals surface area (Å²) >= 11 is 0. The summed E-state index contributed by atoms with van der Waals surface area (Å²) in [5.41, 5.74) is 4.27. The Morgan fingerprint density at radius 2 is 1.52 bits per heavy atom. The zero-order valence-corrected chi connectivity index (χ0v) is 15.9. The normalized spacial score (nSPS) is 13.1. The van der Waals surface area contributed by atoms with Gasteiger partial charge in [0.25, 0.3) is 0 Å². The quantitative estimate of drug-likeness (QED) is 0.606. The maximum Gasteiger partial charge on any atom is 0.122 e. The van der Waals surface area contributed by atoms with Crippen LogP contribution in [0.3, 0.4) is 0 Å². The molecule has 2 N–H and O–H groups in total. The van der Waals surface area contributed by atoms with Gasteiger partial charge in [0.2, 0.25) is 0 Å². The zero-order valence-electron chi connectivity index (χ0n) is 15.9. The van der Waals surface area contributed by atoms with Crippen LogP contribution in [-0.2, 0) is 13.2 Å². The highest BCUT2D eigenvalue weighted by molar-refractivity contribution is 5.37. The van der Waals surface area contributed by atoms with Gasteiger partial charge in [0.05, 0.1) is 6.10 Å². The third-order valence-electron chi connectivity index (χ3n) is 4.72. The third-order valence-corrected chi connectivity index (χ3v) is 4.72. The number of rotatable bonds is 8. The van der Waals surface area contributed by atoms with Crippen LogP contribution in [0.15, 0.2) is 78.9 Å². The molecule has 0 spiro atoms. The Morgan fingerprint density at radius 3 is 2.15 bits per heavy atom. The number of aryl methyl sites for hydroxylation is 1. The van der Waals surface area contributed by atoms with Gasteiger partial charge in [-0.2, -0.15) is 0 Å². The van der Waals surface area contributed by atoms with Crippen molar-refractivity contribution < 1.29 is 9.84 Å². The number of benzene rings is 3. The third kappa shape index (κ3) is 5.43. The smallest absolute Gasteiger partial charge is 0.122 e. The number of hydrogen-bond donors (Lipinski definition) is 2. The molecule has 0 aliphatic carbocycles. The van der Waals surface area contributed by atoms with Crippen LogP contribution in [0.5, 0.6) is 5.75 Å². The van der Waals surface area contributed by atoms with Gasteiger partial charge in [0.1, 0.15) is 12.4 Å². The molecule has 2 atom stereocenters. The minimum absolute atomic E-state index is 0.0549. The van der Waals surface area contributed by atoms with Gasteiger partial charge in [-0.3, -0.25) is 0 Å². The molecule has 0 radical (unpaired) electrons. The maximum atomic E-state index is 10.7. The van der Waals surface area contributed by atoms with Crippen LogP contribution in [0.1, 0.15) is 35.3 Å². The molecular formula is C24H27NO2. The molecular weight excluding hydrogens is 334 g/mol. The van der Waals surface area contributed by atoms with E-state index in [1.54, 1.807) is 0 Å². The zero-order chi connectivity index (χ0) is 19.1. The summed E-state index contributed by atoms with van der Waals surface area (Å²) in [5, 5.41) is 14.1. The summed E-state index contributed by atoms with van der Waals surface area (Å²) in [5.74, 6) is 0.847. The molecule has 0 heterocycles. The lowest BCUT2D eigenvalue weighted by atomic mass is 10.0. The summed E-state index contributed by atoms with van der Waals surface area (Å²) in [4.78, 5) is 0. The fraction of sp³-hybridized carbons (Fsp3) is 0.250. The van der Waals surface area contributed by atoms with Crippen LogP contribution in [0.4, 0.5) is 0 Å². The first-order valence-corrected chi connectivity index (χ1v) is 9.36. The van der Waals surface area contributed by atoms with E-state index in [0.717, 1.165) is 29.0 Å². The Balaban J connectivity index is 1.58. The average Bonchev–Trinajstić information content (AvgIpc) is 2.72. The van der Waals surface area contributed by atoms with Crippen LogP contribution in [0.2, 0.25) is 0 Å². The molecule has 0 bridgehead atoms. The van der Waals surface area contributed by atoms with Crippen molar-refractivity contribution in [3.05, 3.63) is 101 Å². The summed E-state index contributed by atoms with van der Waals surface area (Å²) in [6.07, 6.45) is -0.574. The van der Waals surface area contributed by atoms with E-state index in [9.17, 15) is 5.11 Å². The van der Waals surface area contributed by atoms with E-state index in [-0.39, 0.29) is 6.04 Å². The maximum absolute atomic E-state index is 10.7. The standard InChI is InChI=1S/C24H27NO2/c1-18-15-22(13-14-23(18)27-17-21-11-7-4-8-12-21)24(26)19(2)25-16-20-9-5-3-6-10-20/h3-15,19,24-26H,16-17H2,1-2H3. The van der Waals surface area contributed by atoms with Gasteiger partial charge in [0, 0.05) is 12.6 Å². The Morgan fingerprint density at radius 1 is 0.889 bits per heavy atom. The Bertz CT molecular complexity index is 834. The Hall–Kier alpha value is -2.62. The molecule has 3 aromatic rings. The molecule has 3 rings (SSSR count). The summed E-state index contributed by atoms with van der Waals surface area (Å²) in [7, 11) is 0. The highest BCUT2D eigenvalue weighted by Crippen LogP contribution is 2.25. The first-order chi connectivity index (χ1) is 13.1. The SMILES string of the molecule is Cc1cc(C(O)C(C)NCc2ccccc2)ccc1OCc1ccccc1. The predicted molar refractivity (Wildman–Crippen MR) is 110 cm³/mol. The largest absolute Gasteiger partial charge is 0.489 e. The van der Waals surface area contributed by atoms with Gasteiger partial charge in [0.15, 0.2) is 0 Å². The number of ether oxygens (including phenoxy) is 1. The van der Waals surface area contributed by atoms with Gasteiger partial charge in [-0.25, -0.2) is 0 Å². The monoisotopic (exact) mass is 361 g/mol. The summed E-state index contributed by atoms with van der Waals surface area (Å²) in [6, 6.07) is 26.2. The van der Waals surface area contributed by atoms with Gasteiger partial charge in [-0.1, -0.05) is 66.7 Å². The van der Waals surface area contributed by atoms with Gasteiger partial charge in [-0.15, -0.1) is 0 Å². The van der Waals surface area contributed by atoms with E-state index in [0.29, 0.717) is 6.61 Å². The second kappa shape index (κ2) is 9.36. The van der Waals surface area contributed by atoms with Gasteiger partial charge >= 0.3 is 0 Å². The number of aliphatic hydroxyl groups excluding tert-OH is 1. The highest BCUT2D eigenvalue weighted by atomic mass is 16.5. The topological polar surface area (TPSA) is 41.5 Å². The second-order valence-electron chi connectivity index (χ2n) is 6.90. The molecule has 3 nitrogen and oxygen atoms in total. The minimum Gasteiger partial charge on any atom is -0.489 e. The van der Waals surface area contributed by atoms with E-state index < -0.39 is 6.10 Å². The molecule has 0 saturated heterocycles. The molecule has 2 unspecified atom stereocenters. The van der Waals surface area contributed by atoms with Crippen LogP contribution in [0.25, 0.3) is 0 Å². The second-order valence-corrected chi connectivity index (χ2v) is 6.90. The van der Waals surface area contributed by atoms with Gasteiger partial charge in [-0.05, 0) is 48.2 Å². The molecule has 3 heteroatoms. The molecule has 27 heavy (non-hydrogen) atoms. The molecule has 0 fully saturated rings. The van der Waals surface area contributed by atoms with Crippen LogP contribution < -0.4 is 10.1 Å². The van der Waals surface area contributed by atoms with Crippen LogP contribution >= 0.6 is 0 Å². The molecule has 3 aromatic carbocycles. The van der Waals surface area contributed by atoms with E-state index >= 15 is 0 Å². The first-order valence-electron chi connectivity index (χ1n) is 9.36. The van der Waals surface area contributed by atoms with Crippen molar-refractivity contribution >= 4 is 0 Å². The van der Waals surface area contributed by atoms with Crippen molar-refractivity contribution in [3.63, 3.8) is 0 Å². The Labute approximate surface area is 161 Å². The molecule has 0 aliphatic rings. The minimum atomic E-state index is -0.574. The lowest BCUT2D eigenvalue weighted by Crippen LogP contribution is -2.31. The molecule has 0 amide bonds. The molecule has 0 aromatic heterocycles. The first kappa shape index (κ1) is 19.2. The summed E-state index contributed by atoms with van der Waals surface area (Å²) in [6.45, 7) is 5.29. The lowest BCUT2D eigenvalue weighted by molar-refractivity contribution is 0.135. The van der Waals surface area contributed by atoms with E-state index in [4.69, 9.17) is 4.74 Å². The average molecular weight is 361 g/mol. The summed E-state index contributed by atoms with van der Waals surface area (Å²) < 4.78 is 5.93. The molecule has 0 aliphatic heterocycles. The van der Waals surface area contributed by atoms with E-state index in [2.05, 4.69) is 17.4 Å². The van der Waals surface area contributed by atoms with Gasteiger partial charge < -0.3 is 15.2 Å². The van der Waals surface area contributed by atoms with Crippen molar-refractivity contribution in [1.82, 2.24) is 5.32 Å². The van der Waals surface area contributed by atoms with Crippen molar-refractivity contribution in [3.8, 4) is 5.75 Å². The Kier molecular flexibility index (Phi) is 6.64. The molecule has 0 saturated carbocycles. The number of aliphatic hydroxyl groups is 1. The van der Waals surface area contributed by atoms with Crippen molar-refractivity contribution in [2.75, 3.05) is 0 Å². The van der Waals surface area contributed by atoms with Crippen LogP contribution in [-0.4, -0.2) is 11.1 Å². The van der Waals surface area contributed by atoms with E-state index in [1.165, 1.54) is 5.56 Å². The van der Waals surface area contributed by atoms with E-state index in [1.807, 2.05) is 80.6 Å². The highest BCUT2D eigenvalue weighted by Gasteiger charge is 2.17. The number of hydrogen-bond acceptors (Lipinski definition) is 3. The molecule has 140 valence electrons. The predicted octanol–water partition coefficient (Wildman–Crippen LogP) is 4.79. The lowest BCUT2D eigenvalue weighted by Gasteiger charge is -2.22. The fourth-order valence-electron chi connectivity index (χ4n) is 3.03. The fourth-order valence-corrected chi connectivity index (χ4v) is 3.03. The number of nitrogens with one attached hydrogen (secondary N) is 1.